The second-order valence-electron chi connectivity index (χ2n) is 3.75. The van der Waals surface area contributed by atoms with Gasteiger partial charge in [0.2, 0.25) is 11.9 Å². The summed E-state index contributed by atoms with van der Waals surface area (Å²) in [4.78, 5) is 0. The minimum Gasteiger partial charge on any atom is -0.474 e. The Kier molecular flexibility index (Phi) is 3.36. The number of fused-ring (bicyclic) bond motifs is 1. The molecule has 1 unspecified atom stereocenters. The Balaban J connectivity index is 2.47. The standard InChI is InChI=1S/C12H9F3N2O2/c13-12(14,15)10(6-17)19-11-7-3-1-2-4-8(7)18-9(11)5-16/h1-4,10H,6,17H2. The van der Waals surface area contributed by atoms with E-state index in [9.17, 15) is 13.2 Å². The van der Waals surface area contributed by atoms with Gasteiger partial charge >= 0.3 is 6.18 Å². The molecule has 2 rings (SSSR count). The summed E-state index contributed by atoms with van der Waals surface area (Å²) < 4.78 is 47.8. The van der Waals surface area contributed by atoms with E-state index in [4.69, 9.17) is 20.1 Å². The van der Waals surface area contributed by atoms with Gasteiger partial charge in [-0.1, -0.05) is 12.1 Å². The second-order valence-corrected chi connectivity index (χ2v) is 3.75. The van der Waals surface area contributed by atoms with Crippen LogP contribution in [0.4, 0.5) is 13.2 Å². The lowest BCUT2D eigenvalue weighted by atomic mass is 10.2. The Hall–Kier alpha value is -2.20. The van der Waals surface area contributed by atoms with Crippen LogP contribution in [0.1, 0.15) is 5.76 Å². The number of hydrogen-bond acceptors (Lipinski definition) is 4. The van der Waals surface area contributed by atoms with Gasteiger partial charge in [0.25, 0.3) is 0 Å². The van der Waals surface area contributed by atoms with E-state index in [1.165, 1.54) is 12.1 Å². The normalized spacial score (nSPS) is 13.2. The fourth-order valence-electron chi connectivity index (χ4n) is 1.60. The van der Waals surface area contributed by atoms with E-state index >= 15 is 0 Å². The van der Waals surface area contributed by atoms with Crippen molar-refractivity contribution in [2.24, 2.45) is 5.73 Å². The first-order valence-electron chi connectivity index (χ1n) is 5.32. The summed E-state index contributed by atoms with van der Waals surface area (Å²) in [6.07, 6.45) is -6.79. The molecule has 0 amide bonds. The van der Waals surface area contributed by atoms with E-state index in [1.807, 2.05) is 0 Å². The van der Waals surface area contributed by atoms with Gasteiger partial charge in [-0.05, 0) is 12.1 Å². The third-order valence-corrected chi connectivity index (χ3v) is 2.49. The monoisotopic (exact) mass is 270 g/mol. The third kappa shape index (κ3) is 2.48. The molecule has 0 aliphatic rings. The van der Waals surface area contributed by atoms with Gasteiger partial charge in [0.1, 0.15) is 11.7 Å². The fraction of sp³-hybridized carbons (Fsp3) is 0.250. The first-order valence-corrected chi connectivity index (χ1v) is 5.32. The Bertz CT molecular complexity index is 628. The minimum atomic E-state index is -4.61. The highest BCUT2D eigenvalue weighted by Crippen LogP contribution is 2.35. The number of ether oxygens (including phenoxy) is 1. The van der Waals surface area contributed by atoms with Crippen LogP contribution in [0.5, 0.6) is 5.75 Å². The molecule has 0 saturated heterocycles. The number of nitrogens with zero attached hydrogens (tertiary/aromatic N) is 1. The molecule has 7 heteroatoms. The number of hydrogen-bond donors (Lipinski definition) is 1. The topological polar surface area (TPSA) is 72.2 Å². The van der Waals surface area contributed by atoms with Gasteiger partial charge in [0, 0.05) is 6.54 Å². The van der Waals surface area contributed by atoms with Crippen molar-refractivity contribution in [1.29, 1.82) is 5.26 Å². The number of nitrogens with two attached hydrogens (primary N) is 1. The van der Waals surface area contributed by atoms with Crippen LogP contribution in [0.15, 0.2) is 28.7 Å². The number of para-hydroxylation sites is 1. The molecular weight excluding hydrogens is 261 g/mol. The van der Waals surface area contributed by atoms with Gasteiger partial charge in [-0.3, -0.25) is 0 Å². The van der Waals surface area contributed by atoms with Crippen LogP contribution in [-0.4, -0.2) is 18.8 Å². The molecule has 0 aliphatic carbocycles. The lowest BCUT2D eigenvalue weighted by Gasteiger charge is -2.19. The summed E-state index contributed by atoms with van der Waals surface area (Å²) in [6, 6.07) is 7.96. The van der Waals surface area contributed by atoms with Crippen LogP contribution in [0.2, 0.25) is 0 Å². The zero-order valence-corrected chi connectivity index (χ0v) is 9.57. The molecule has 2 aromatic rings. The maximum absolute atomic E-state index is 12.6. The Morgan fingerprint density at radius 2 is 2.05 bits per heavy atom. The maximum Gasteiger partial charge on any atom is 0.426 e. The van der Waals surface area contributed by atoms with Gasteiger partial charge in [0.15, 0.2) is 5.75 Å². The highest BCUT2D eigenvalue weighted by atomic mass is 19.4. The number of alkyl halides is 3. The summed E-state index contributed by atoms with van der Waals surface area (Å²) in [6.45, 7) is -0.742. The third-order valence-electron chi connectivity index (χ3n) is 2.49. The van der Waals surface area contributed by atoms with E-state index in [2.05, 4.69) is 0 Å². The molecule has 19 heavy (non-hydrogen) atoms. The van der Waals surface area contributed by atoms with Crippen LogP contribution < -0.4 is 10.5 Å². The van der Waals surface area contributed by atoms with Crippen molar-refractivity contribution in [3.8, 4) is 11.8 Å². The first-order chi connectivity index (χ1) is 8.97. The smallest absolute Gasteiger partial charge is 0.426 e. The summed E-state index contributed by atoms with van der Waals surface area (Å²) in [7, 11) is 0. The van der Waals surface area contributed by atoms with Crippen molar-refractivity contribution >= 4 is 11.0 Å². The maximum atomic E-state index is 12.6. The molecule has 0 radical (unpaired) electrons. The molecule has 1 heterocycles. The van der Waals surface area contributed by atoms with Crippen molar-refractivity contribution in [2.45, 2.75) is 12.3 Å². The minimum absolute atomic E-state index is 0.231. The quantitative estimate of drug-likeness (QED) is 0.930. The number of nitriles is 1. The predicted octanol–water partition coefficient (Wildman–Crippen LogP) is 2.57. The molecule has 0 bridgehead atoms. The molecule has 100 valence electrons. The average molecular weight is 270 g/mol. The van der Waals surface area contributed by atoms with Crippen molar-refractivity contribution in [3.63, 3.8) is 0 Å². The lowest BCUT2D eigenvalue weighted by molar-refractivity contribution is -0.191. The molecule has 0 saturated carbocycles. The molecule has 0 aliphatic heterocycles. The van der Waals surface area contributed by atoms with E-state index in [-0.39, 0.29) is 17.1 Å². The number of furan rings is 1. The first kappa shape index (κ1) is 13.2. The number of rotatable bonds is 3. The average Bonchev–Trinajstić information content (AvgIpc) is 2.72. The fourth-order valence-corrected chi connectivity index (χ4v) is 1.60. The van der Waals surface area contributed by atoms with Crippen LogP contribution in [0.25, 0.3) is 11.0 Å². The molecule has 4 nitrogen and oxygen atoms in total. The summed E-state index contributed by atoms with van der Waals surface area (Å²) >= 11 is 0. The molecule has 1 aromatic heterocycles. The molecule has 0 fully saturated rings. The van der Waals surface area contributed by atoms with E-state index in [0.29, 0.717) is 5.39 Å². The molecule has 2 N–H and O–H groups in total. The zero-order chi connectivity index (χ0) is 14.0. The largest absolute Gasteiger partial charge is 0.474 e. The zero-order valence-electron chi connectivity index (χ0n) is 9.57. The van der Waals surface area contributed by atoms with Crippen molar-refractivity contribution in [2.75, 3.05) is 6.54 Å². The molecule has 1 atom stereocenters. The van der Waals surface area contributed by atoms with Gasteiger partial charge < -0.3 is 14.9 Å². The SMILES string of the molecule is N#Cc1oc2ccccc2c1OC(CN)C(F)(F)F. The van der Waals surface area contributed by atoms with E-state index < -0.39 is 18.8 Å². The Labute approximate surface area is 106 Å². The summed E-state index contributed by atoms with van der Waals surface area (Å²) in [5, 5.41) is 9.18. The Morgan fingerprint density at radius 1 is 1.37 bits per heavy atom. The van der Waals surface area contributed by atoms with Gasteiger partial charge in [-0.25, -0.2) is 0 Å². The summed E-state index contributed by atoms with van der Waals surface area (Å²) in [5.41, 5.74) is 5.34. The van der Waals surface area contributed by atoms with Gasteiger partial charge in [-0.2, -0.15) is 18.4 Å². The molecule has 1 aromatic carbocycles. The number of benzene rings is 1. The van der Waals surface area contributed by atoms with Crippen molar-refractivity contribution < 1.29 is 22.3 Å². The highest BCUT2D eigenvalue weighted by Gasteiger charge is 2.41. The molecular formula is C12H9F3N2O2. The van der Waals surface area contributed by atoms with Crippen LogP contribution >= 0.6 is 0 Å². The van der Waals surface area contributed by atoms with Crippen LogP contribution in [0.3, 0.4) is 0 Å². The highest BCUT2D eigenvalue weighted by molar-refractivity contribution is 5.86. The summed E-state index contributed by atoms with van der Waals surface area (Å²) in [5.74, 6) is -0.533. The lowest BCUT2D eigenvalue weighted by Crippen LogP contribution is -2.40. The van der Waals surface area contributed by atoms with Crippen molar-refractivity contribution in [3.05, 3.63) is 30.0 Å². The van der Waals surface area contributed by atoms with E-state index in [0.717, 1.165) is 0 Å². The van der Waals surface area contributed by atoms with Gasteiger partial charge in [-0.15, -0.1) is 0 Å². The van der Waals surface area contributed by atoms with Crippen molar-refractivity contribution in [1.82, 2.24) is 0 Å². The Morgan fingerprint density at radius 3 is 2.63 bits per heavy atom. The second kappa shape index (κ2) is 4.82. The number of halogens is 3. The van der Waals surface area contributed by atoms with E-state index in [1.54, 1.807) is 18.2 Å². The predicted molar refractivity (Wildman–Crippen MR) is 60.5 cm³/mol. The van der Waals surface area contributed by atoms with Crippen LogP contribution in [0, 0.1) is 11.3 Å². The molecule has 0 spiro atoms. The van der Waals surface area contributed by atoms with Gasteiger partial charge in [0.05, 0.1) is 5.39 Å². The van der Waals surface area contributed by atoms with Crippen LogP contribution in [-0.2, 0) is 0 Å².